The third-order valence-corrected chi connectivity index (χ3v) is 4.52. The molecule has 2 aromatic rings. The lowest BCUT2D eigenvalue weighted by molar-refractivity contribution is -0.128. The maximum absolute atomic E-state index is 12.2. The van der Waals surface area contributed by atoms with Crippen molar-refractivity contribution in [3.05, 3.63) is 18.5 Å². The van der Waals surface area contributed by atoms with Crippen molar-refractivity contribution >= 4 is 28.9 Å². The number of hydrogen-bond donors (Lipinski definition) is 3. The van der Waals surface area contributed by atoms with Gasteiger partial charge >= 0.3 is 6.03 Å². The molecular weight excluding hydrogens is 308 g/mol. The molecule has 3 heterocycles. The first-order valence-corrected chi connectivity index (χ1v) is 8.16. The molecule has 3 amide bonds. The minimum Gasteiger partial charge on any atom is -0.345 e. The van der Waals surface area contributed by atoms with Crippen LogP contribution in [0.2, 0.25) is 0 Å². The SMILES string of the molecule is CC(=O)N1CC[C@@H](C)[C@@H](NC(=O)Nc2cnc3[nH]ccc3n2)CC1. The van der Waals surface area contributed by atoms with Gasteiger partial charge in [-0.15, -0.1) is 0 Å². The fourth-order valence-electron chi connectivity index (χ4n) is 2.99. The molecule has 1 aliphatic heterocycles. The van der Waals surface area contributed by atoms with E-state index < -0.39 is 0 Å². The maximum atomic E-state index is 12.2. The highest BCUT2D eigenvalue weighted by Crippen LogP contribution is 2.18. The molecule has 24 heavy (non-hydrogen) atoms. The van der Waals surface area contributed by atoms with Crippen LogP contribution in [-0.4, -0.2) is 50.9 Å². The molecule has 1 fully saturated rings. The number of amides is 3. The monoisotopic (exact) mass is 330 g/mol. The van der Waals surface area contributed by atoms with E-state index in [-0.39, 0.29) is 18.0 Å². The van der Waals surface area contributed by atoms with Crippen LogP contribution in [0.25, 0.3) is 11.2 Å². The quantitative estimate of drug-likeness (QED) is 0.780. The number of nitrogens with one attached hydrogen (secondary N) is 3. The zero-order chi connectivity index (χ0) is 17.1. The van der Waals surface area contributed by atoms with Gasteiger partial charge in [0, 0.05) is 32.3 Å². The van der Waals surface area contributed by atoms with Gasteiger partial charge in [0.2, 0.25) is 5.91 Å². The minimum absolute atomic E-state index is 0.0262. The van der Waals surface area contributed by atoms with E-state index in [0.717, 1.165) is 19.4 Å². The highest BCUT2D eigenvalue weighted by Gasteiger charge is 2.25. The summed E-state index contributed by atoms with van der Waals surface area (Å²) in [6, 6.07) is 1.53. The molecular formula is C16H22N6O2. The topological polar surface area (TPSA) is 103 Å². The number of anilines is 1. The number of urea groups is 1. The van der Waals surface area contributed by atoms with Gasteiger partial charge in [-0.05, 0) is 24.8 Å². The summed E-state index contributed by atoms with van der Waals surface area (Å²) < 4.78 is 0. The van der Waals surface area contributed by atoms with Gasteiger partial charge in [-0.25, -0.2) is 14.8 Å². The van der Waals surface area contributed by atoms with Crippen molar-refractivity contribution in [3.8, 4) is 0 Å². The summed E-state index contributed by atoms with van der Waals surface area (Å²) in [5.41, 5.74) is 1.38. The molecule has 0 saturated carbocycles. The second kappa shape index (κ2) is 6.86. The summed E-state index contributed by atoms with van der Waals surface area (Å²) in [5, 5.41) is 5.72. The van der Waals surface area contributed by atoms with Gasteiger partial charge in [-0.2, -0.15) is 0 Å². The van der Waals surface area contributed by atoms with E-state index in [1.807, 2.05) is 4.90 Å². The van der Waals surface area contributed by atoms with E-state index in [2.05, 4.69) is 32.5 Å². The van der Waals surface area contributed by atoms with E-state index in [1.165, 1.54) is 6.20 Å². The Labute approximate surface area is 140 Å². The number of fused-ring (bicyclic) bond motifs is 1. The van der Waals surface area contributed by atoms with Gasteiger partial charge in [0.1, 0.15) is 5.52 Å². The fraction of sp³-hybridized carbons (Fsp3) is 0.500. The first-order valence-electron chi connectivity index (χ1n) is 8.16. The van der Waals surface area contributed by atoms with Gasteiger partial charge in [0.15, 0.2) is 11.5 Å². The fourth-order valence-corrected chi connectivity index (χ4v) is 2.99. The van der Waals surface area contributed by atoms with Gasteiger partial charge in [-0.3, -0.25) is 10.1 Å². The number of carbonyl (C=O) groups excluding carboxylic acids is 2. The van der Waals surface area contributed by atoms with Crippen LogP contribution >= 0.6 is 0 Å². The Bertz CT molecular complexity index is 743. The number of hydrogen-bond acceptors (Lipinski definition) is 4. The number of H-pyrrole nitrogens is 1. The zero-order valence-electron chi connectivity index (χ0n) is 13.9. The number of rotatable bonds is 2. The average Bonchev–Trinajstić information content (AvgIpc) is 2.92. The number of aromatic nitrogens is 3. The average molecular weight is 330 g/mol. The second-order valence-electron chi connectivity index (χ2n) is 6.23. The molecule has 0 bridgehead atoms. The van der Waals surface area contributed by atoms with E-state index in [4.69, 9.17) is 0 Å². The molecule has 0 unspecified atom stereocenters. The molecule has 1 aliphatic rings. The Kier molecular flexibility index (Phi) is 4.64. The minimum atomic E-state index is -0.299. The lowest BCUT2D eigenvalue weighted by atomic mass is 9.97. The van der Waals surface area contributed by atoms with E-state index in [9.17, 15) is 9.59 Å². The first-order chi connectivity index (χ1) is 11.5. The predicted octanol–water partition coefficient (Wildman–Crippen LogP) is 1.73. The number of aromatic amines is 1. The summed E-state index contributed by atoms with van der Waals surface area (Å²) in [6.45, 7) is 5.09. The van der Waals surface area contributed by atoms with Crippen LogP contribution in [0.5, 0.6) is 0 Å². The molecule has 0 aliphatic carbocycles. The van der Waals surface area contributed by atoms with Crippen LogP contribution in [0.1, 0.15) is 26.7 Å². The molecule has 1 saturated heterocycles. The first kappa shape index (κ1) is 16.2. The predicted molar refractivity (Wildman–Crippen MR) is 90.5 cm³/mol. The van der Waals surface area contributed by atoms with Crippen LogP contribution in [-0.2, 0) is 4.79 Å². The van der Waals surface area contributed by atoms with Gasteiger partial charge in [0.05, 0.1) is 6.20 Å². The zero-order valence-corrected chi connectivity index (χ0v) is 13.9. The van der Waals surface area contributed by atoms with Crippen molar-refractivity contribution in [2.75, 3.05) is 18.4 Å². The van der Waals surface area contributed by atoms with Gasteiger partial charge in [0.25, 0.3) is 0 Å². The van der Waals surface area contributed by atoms with Crippen LogP contribution < -0.4 is 10.6 Å². The number of nitrogens with zero attached hydrogens (tertiary/aromatic N) is 3. The van der Waals surface area contributed by atoms with Crippen molar-refractivity contribution < 1.29 is 9.59 Å². The lowest BCUT2D eigenvalue weighted by Crippen LogP contribution is -2.42. The smallest absolute Gasteiger partial charge is 0.320 e. The summed E-state index contributed by atoms with van der Waals surface area (Å²) in [5.74, 6) is 0.798. The third-order valence-electron chi connectivity index (χ3n) is 4.52. The van der Waals surface area contributed by atoms with Gasteiger partial charge in [-0.1, -0.05) is 6.92 Å². The Morgan fingerprint density at radius 2 is 2.12 bits per heavy atom. The van der Waals surface area contributed by atoms with Crippen molar-refractivity contribution in [3.63, 3.8) is 0 Å². The van der Waals surface area contributed by atoms with E-state index >= 15 is 0 Å². The Hall–Kier alpha value is -2.64. The van der Waals surface area contributed by atoms with Crippen LogP contribution in [0.3, 0.4) is 0 Å². The third kappa shape index (κ3) is 3.64. The van der Waals surface area contributed by atoms with Crippen molar-refractivity contribution in [1.82, 2.24) is 25.2 Å². The highest BCUT2D eigenvalue weighted by molar-refractivity contribution is 5.89. The van der Waals surface area contributed by atoms with Gasteiger partial charge < -0.3 is 15.2 Å². The maximum Gasteiger partial charge on any atom is 0.320 e. The van der Waals surface area contributed by atoms with Crippen LogP contribution in [0, 0.1) is 5.92 Å². The molecule has 3 N–H and O–H groups in total. The summed E-state index contributed by atoms with van der Waals surface area (Å²) in [6.07, 6.45) is 4.89. The molecule has 2 atom stereocenters. The van der Waals surface area contributed by atoms with E-state index in [1.54, 1.807) is 19.2 Å². The molecule has 128 valence electrons. The summed E-state index contributed by atoms with van der Waals surface area (Å²) >= 11 is 0. The molecule has 0 aromatic carbocycles. The Balaban J connectivity index is 1.60. The molecule has 8 nitrogen and oxygen atoms in total. The summed E-state index contributed by atoms with van der Waals surface area (Å²) in [7, 11) is 0. The Morgan fingerprint density at radius 3 is 2.92 bits per heavy atom. The highest BCUT2D eigenvalue weighted by atomic mass is 16.2. The standard InChI is InChI=1S/C16H22N6O2/c1-10-4-7-22(11(2)23)8-5-12(10)20-16(24)21-14-9-18-15-13(19-14)3-6-17-15/h3,6,9-10,12H,4-5,7-8H2,1-2H3,(H,17,18)(H2,19,20,21,24)/t10-,12+/m1/s1. The van der Waals surface area contributed by atoms with E-state index in [0.29, 0.717) is 29.4 Å². The Morgan fingerprint density at radius 1 is 1.33 bits per heavy atom. The number of likely N-dealkylation sites (tertiary alicyclic amines) is 1. The molecule has 0 spiro atoms. The second-order valence-corrected chi connectivity index (χ2v) is 6.23. The summed E-state index contributed by atoms with van der Waals surface area (Å²) in [4.78, 5) is 37.1. The molecule has 3 rings (SSSR count). The molecule has 8 heteroatoms. The molecule has 2 aromatic heterocycles. The molecule has 0 radical (unpaired) electrons. The number of carbonyl (C=O) groups is 2. The van der Waals surface area contributed by atoms with Crippen molar-refractivity contribution in [2.24, 2.45) is 5.92 Å². The van der Waals surface area contributed by atoms with Crippen LogP contribution in [0.4, 0.5) is 10.6 Å². The van der Waals surface area contributed by atoms with Crippen molar-refractivity contribution in [2.45, 2.75) is 32.7 Å². The largest absolute Gasteiger partial charge is 0.345 e. The normalized spacial score (nSPS) is 21.3. The lowest BCUT2D eigenvalue weighted by Gasteiger charge is -2.22. The van der Waals surface area contributed by atoms with Crippen molar-refractivity contribution in [1.29, 1.82) is 0 Å². The van der Waals surface area contributed by atoms with Crippen LogP contribution in [0.15, 0.2) is 18.5 Å².